The van der Waals surface area contributed by atoms with Crippen molar-refractivity contribution in [3.8, 4) is 0 Å². The van der Waals surface area contributed by atoms with Crippen molar-refractivity contribution in [2.75, 3.05) is 13.1 Å². The lowest BCUT2D eigenvalue weighted by molar-refractivity contribution is -0.142. The van der Waals surface area contributed by atoms with E-state index in [4.69, 9.17) is 10.8 Å². The van der Waals surface area contributed by atoms with Crippen LogP contribution in [0.4, 0.5) is 0 Å². The number of halogens is 1. The van der Waals surface area contributed by atoms with Gasteiger partial charge in [0, 0.05) is 30.0 Å². The maximum atomic E-state index is 12.1. The van der Waals surface area contributed by atoms with E-state index in [1.54, 1.807) is 12.3 Å². The molecule has 1 aromatic heterocycles. The van der Waals surface area contributed by atoms with Gasteiger partial charge in [-0.15, -0.1) is 0 Å². The third kappa shape index (κ3) is 2.37. The quantitative estimate of drug-likeness (QED) is 0.827. The van der Waals surface area contributed by atoms with Gasteiger partial charge in [-0.05, 0) is 28.4 Å². The van der Waals surface area contributed by atoms with Crippen LogP contribution in [0, 0.1) is 0 Å². The van der Waals surface area contributed by atoms with E-state index < -0.39 is 11.5 Å². The van der Waals surface area contributed by atoms with Gasteiger partial charge >= 0.3 is 5.97 Å². The van der Waals surface area contributed by atoms with Crippen LogP contribution >= 0.6 is 15.9 Å². The van der Waals surface area contributed by atoms with Crippen LogP contribution in [-0.2, 0) is 4.79 Å². The van der Waals surface area contributed by atoms with Gasteiger partial charge in [0.15, 0.2) is 0 Å². The molecule has 7 heteroatoms. The van der Waals surface area contributed by atoms with Crippen molar-refractivity contribution in [2.24, 2.45) is 5.73 Å². The number of carboxylic acids is 1. The Morgan fingerprint density at radius 3 is 2.78 bits per heavy atom. The topological polar surface area (TPSA) is 96.5 Å². The van der Waals surface area contributed by atoms with Crippen LogP contribution in [-0.4, -0.2) is 45.5 Å². The van der Waals surface area contributed by atoms with Gasteiger partial charge < -0.3 is 15.7 Å². The first-order valence-electron chi connectivity index (χ1n) is 5.34. The first-order valence-corrected chi connectivity index (χ1v) is 6.14. The highest BCUT2D eigenvalue weighted by atomic mass is 79.9. The summed E-state index contributed by atoms with van der Waals surface area (Å²) in [6.45, 7) is 0.363. The molecular formula is C11H12BrN3O3. The van der Waals surface area contributed by atoms with E-state index in [2.05, 4.69) is 20.9 Å². The number of aliphatic carboxylic acids is 1. The maximum Gasteiger partial charge on any atom is 0.325 e. The standard InChI is InChI=1S/C11H12BrN3O3/c12-8-3-7(4-14-5-8)9(16)15-2-1-11(13,6-15)10(17)18/h3-5H,1-2,6,13H2,(H,17,18). The SMILES string of the molecule is NC1(C(=O)O)CCN(C(=O)c2cncc(Br)c2)C1. The van der Waals surface area contributed by atoms with Crippen molar-refractivity contribution >= 4 is 27.8 Å². The van der Waals surface area contributed by atoms with Gasteiger partial charge in [-0.3, -0.25) is 14.6 Å². The van der Waals surface area contributed by atoms with Crippen molar-refractivity contribution in [3.05, 3.63) is 28.5 Å². The van der Waals surface area contributed by atoms with Gasteiger partial charge in [-0.25, -0.2) is 0 Å². The largest absolute Gasteiger partial charge is 0.480 e. The summed E-state index contributed by atoms with van der Waals surface area (Å²) < 4.78 is 0.699. The van der Waals surface area contributed by atoms with E-state index in [-0.39, 0.29) is 18.9 Å². The van der Waals surface area contributed by atoms with E-state index in [0.29, 0.717) is 16.6 Å². The predicted octanol–water partition coefficient (Wildman–Crippen LogP) is 0.472. The normalized spacial score (nSPS) is 23.1. The van der Waals surface area contributed by atoms with Gasteiger partial charge in [0.1, 0.15) is 5.54 Å². The number of nitrogens with two attached hydrogens (primary N) is 1. The predicted molar refractivity (Wildman–Crippen MR) is 67.0 cm³/mol. The van der Waals surface area contributed by atoms with E-state index in [1.165, 1.54) is 11.1 Å². The molecule has 1 aliphatic heterocycles. The zero-order chi connectivity index (χ0) is 13.3. The molecule has 0 aliphatic carbocycles. The molecule has 1 saturated heterocycles. The third-order valence-corrected chi connectivity index (χ3v) is 3.40. The molecule has 1 fully saturated rings. The van der Waals surface area contributed by atoms with E-state index in [1.807, 2.05) is 0 Å². The molecule has 96 valence electrons. The van der Waals surface area contributed by atoms with E-state index in [9.17, 15) is 9.59 Å². The third-order valence-electron chi connectivity index (χ3n) is 2.97. The number of rotatable bonds is 2. The first kappa shape index (κ1) is 13.0. The zero-order valence-electron chi connectivity index (χ0n) is 9.47. The summed E-state index contributed by atoms with van der Waals surface area (Å²) in [6.07, 6.45) is 3.28. The number of nitrogens with zero attached hydrogens (tertiary/aromatic N) is 2. The minimum Gasteiger partial charge on any atom is -0.480 e. The highest BCUT2D eigenvalue weighted by molar-refractivity contribution is 9.10. The summed E-state index contributed by atoms with van der Waals surface area (Å²) in [5.74, 6) is -1.33. The number of pyridine rings is 1. The molecule has 1 unspecified atom stereocenters. The van der Waals surface area contributed by atoms with Crippen LogP contribution in [0.5, 0.6) is 0 Å². The van der Waals surface area contributed by atoms with Crippen molar-refractivity contribution in [1.82, 2.24) is 9.88 Å². The fraction of sp³-hybridized carbons (Fsp3) is 0.364. The van der Waals surface area contributed by atoms with Crippen LogP contribution in [0.3, 0.4) is 0 Å². The molecule has 2 heterocycles. The van der Waals surface area contributed by atoms with Crippen LogP contribution in [0.1, 0.15) is 16.8 Å². The van der Waals surface area contributed by atoms with Gasteiger partial charge in [0.05, 0.1) is 5.56 Å². The lowest BCUT2D eigenvalue weighted by atomic mass is 10.0. The summed E-state index contributed by atoms with van der Waals surface area (Å²) in [5, 5.41) is 9.00. The molecule has 1 aliphatic rings. The fourth-order valence-electron chi connectivity index (χ4n) is 1.89. The smallest absolute Gasteiger partial charge is 0.325 e. The number of carbonyl (C=O) groups is 2. The Labute approximate surface area is 112 Å². The number of carbonyl (C=O) groups excluding carboxylic acids is 1. The van der Waals surface area contributed by atoms with Crippen molar-refractivity contribution in [2.45, 2.75) is 12.0 Å². The Hall–Kier alpha value is -1.47. The summed E-state index contributed by atoms with van der Waals surface area (Å²) in [5.41, 5.74) is 4.80. The number of hydrogen-bond donors (Lipinski definition) is 2. The highest BCUT2D eigenvalue weighted by Crippen LogP contribution is 2.21. The molecule has 0 radical (unpaired) electrons. The molecule has 6 nitrogen and oxygen atoms in total. The Balaban J connectivity index is 2.15. The maximum absolute atomic E-state index is 12.1. The average molecular weight is 314 g/mol. The number of hydrogen-bond acceptors (Lipinski definition) is 4. The van der Waals surface area contributed by atoms with Crippen molar-refractivity contribution in [1.29, 1.82) is 0 Å². The lowest BCUT2D eigenvalue weighted by Gasteiger charge is -2.20. The minimum atomic E-state index is -1.34. The lowest BCUT2D eigenvalue weighted by Crippen LogP contribution is -2.50. The molecule has 0 spiro atoms. The minimum absolute atomic E-state index is 0.0215. The Morgan fingerprint density at radius 2 is 2.22 bits per heavy atom. The Morgan fingerprint density at radius 1 is 1.50 bits per heavy atom. The van der Waals surface area contributed by atoms with Gasteiger partial charge in [-0.1, -0.05) is 0 Å². The number of amides is 1. The van der Waals surface area contributed by atoms with Gasteiger partial charge in [0.25, 0.3) is 5.91 Å². The summed E-state index contributed by atoms with van der Waals surface area (Å²) in [6, 6.07) is 1.65. The fourth-order valence-corrected chi connectivity index (χ4v) is 2.26. The Kier molecular flexibility index (Phi) is 3.36. The molecule has 0 saturated carbocycles. The van der Waals surface area contributed by atoms with Crippen LogP contribution in [0.2, 0.25) is 0 Å². The van der Waals surface area contributed by atoms with Crippen LogP contribution < -0.4 is 5.73 Å². The molecule has 1 atom stereocenters. The van der Waals surface area contributed by atoms with Crippen LogP contribution in [0.25, 0.3) is 0 Å². The molecule has 18 heavy (non-hydrogen) atoms. The first-order chi connectivity index (χ1) is 8.42. The second-order valence-corrected chi connectivity index (χ2v) is 5.25. The molecule has 3 N–H and O–H groups in total. The molecule has 0 bridgehead atoms. The summed E-state index contributed by atoms with van der Waals surface area (Å²) >= 11 is 3.23. The summed E-state index contributed by atoms with van der Waals surface area (Å²) in [7, 11) is 0. The summed E-state index contributed by atoms with van der Waals surface area (Å²) in [4.78, 5) is 28.5. The van der Waals surface area contributed by atoms with Crippen molar-refractivity contribution < 1.29 is 14.7 Å². The highest BCUT2D eigenvalue weighted by Gasteiger charge is 2.43. The van der Waals surface area contributed by atoms with E-state index in [0.717, 1.165) is 0 Å². The molecule has 1 aromatic rings. The number of carboxylic acid groups (broad SMARTS) is 1. The molecular weight excluding hydrogens is 302 g/mol. The molecule has 2 rings (SSSR count). The second kappa shape index (κ2) is 4.66. The number of aromatic nitrogens is 1. The van der Waals surface area contributed by atoms with Gasteiger partial charge in [-0.2, -0.15) is 0 Å². The average Bonchev–Trinajstić information content (AvgIpc) is 2.72. The van der Waals surface area contributed by atoms with Crippen LogP contribution in [0.15, 0.2) is 22.9 Å². The zero-order valence-corrected chi connectivity index (χ0v) is 11.1. The second-order valence-electron chi connectivity index (χ2n) is 4.33. The van der Waals surface area contributed by atoms with Gasteiger partial charge in [0.2, 0.25) is 0 Å². The van der Waals surface area contributed by atoms with E-state index >= 15 is 0 Å². The number of likely N-dealkylation sites (tertiary alicyclic amines) is 1. The monoisotopic (exact) mass is 313 g/mol. The molecule has 1 amide bonds. The molecule has 0 aromatic carbocycles. The van der Waals surface area contributed by atoms with Crippen molar-refractivity contribution in [3.63, 3.8) is 0 Å². The Bertz CT molecular complexity index is 508.